The van der Waals surface area contributed by atoms with E-state index < -0.39 is 5.60 Å². The smallest absolute Gasteiger partial charge is 0.410 e. The molecule has 1 fully saturated rings. The van der Waals surface area contributed by atoms with Gasteiger partial charge >= 0.3 is 6.09 Å². The van der Waals surface area contributed by atoms with Crippen molar-refractivity contribution in [3.63, 3.8) is 0 Å². The van der Waals surface area contributed by atoms with Crippen molar-refractivity contribution in [1.82, 2.24) is 4.90 Å². The lowest BCUT2D eigenvalue weighted by Crippen LogP contribution is -2.40. The first kappa shape index (κ1) is 13.2. The fourth-order valence-corrected chi connectivity index (χ4v) is 1.99. The minimum absolute atomic E-state index is 0.0696. The van der Waals surface area contributed by atoms with Crippen LogP contribution in [0.1, 0.15) is 40.0 Å². The standard InChI is InChI=1S/C11H19NO3S/c1-11(2,3)15-10(14)12-6-4-5-8(12)7-9(13)16/h8H,4-7H2,1-3H3,(H,13,16)/p-1. The number of hydrogen-bond donors (Lipinski definition) is 0. The van der Waals surface area contributed by atoms with E-state index in [9.17, 15) is 9.59 Å². The van der Waals surface area contributed by atoms with Crippen LogP contribution in [0.2, 0.25) is 0 Å². The fourth-order valence-electron chi connectivity index (χ4n) is 1.80. The minimum atomic E-state index is -0.498. The van der Waals surface area contributed by atoms with Crippen LogP contribution in [0.5, 0.6) is 0 Å². The number of nitrogens with zero attached hydrogens (tertiary/aromatic N) is 1. The van der Waals surface area contributed by atoms with Crippen LogP contribution in [0.15, 0.2) is 0 Å². The zero-order valence-corrected chi connectivity index (χ0v) is 10.8. The van der Waals surface area contributed by atoms with E-state index in [0.717, 1.165) is 12.8 Å². The molecule has 0 bridgehead atoms. The van der Waals surface area contributed by atoms with E-state index in [1.165, 1.54) is 0 Å². The summed E-state index contributed by atoms with van der Waals surface area (Å²) in [6.45, 7) is 6.14. The van der Waals surface area contributed by atoms with Gasteiger partial charge in [-0.3, -0.25) is 0 Å². The molecule has 1 saturated heterocycles. The van der Waals surface area contributed by atoms with Gasteiger partial charge in [-0.05, 0) is 33.6 Å². The largest absolute Gasteiger partial charge is 0.742 e. The second-order valence-electron chi connectivity index (χ2n) is 5.05. The molecule has 0 radical (unpaired) electrons. The maximum absolute atomic E-state index is 11.8. The Morgan fingerprint density at radius 2 is 2.06 bits per heavy atom. The third kappa shape index (κ3) is 3.96. The van der Waals surface area contributed by atoms with Gasteiger partial charge in [-0.2, -0.15) is 0 Å². The molecular weight excluding hydrogens is 226 g/mol. The van der Waals surface area contributed by atoms with Gasteiger partial charge in [0.15, 0.2) is 0 Å². The summed E-state index contributed by atoms with van der Waals surface area (Å²) >= 11 is 4.55. The van der Waals surface area contributed by atoms with Crippen LogP contribution in [-0.2, 0) is 22.2 Å². The lowest BCUT2D eigenvalue weighted by atomic mass is 10.1. The second-order valence-corrected chi connectivity index (χ2v) is 5.50. The third-order valence-electron chi connectivity index (χ3n) is 2.41. The first-order valence-corrected chi connectivity index (χ1v) is 5.90. The maximum Gasteiger partial charge on any atom is 0.410 e. The number of amides is 1. The quantitative estimate of drug-likeness (QED) is 0.695. The molecule has 16 heavy (non-hydrogen) atoms. The average molecular weight is 244 g/mol. The Morgan fingerprint density at radius 3 is 2.56 bits per heavy atom. The van der Waals surface area contributed by atoms with Gasteiger partial charge in [0.25, 0.3) is 0 Å². The summed E-state index contributed by atoms with van der Waals surface area (Å²) in [5.41, 5.74) is -0.498. The van der Waals surface area contributed by atoms with E-state index in [2.05, 4.69) is 12.6 Å². The van der Waals surface area contributed by atoms with Crippen LogP contribution in [0.3, 0.4) is 0 Å². The molecule has 1 atom stereocenters. The van der Waals surface area contributed by atoms with Gasteiger partial charge in [0.2, 0.25) is 0 Å². The Balaban J connectivity index is 2.57. The van der Waals surface area contributed by atoms with Crippen LogP contribution in [0, 0.1) is 0 Å². The topological polar surface area (TPSA) is 46.6 Å². The highest BCUT2D eigenvalue weighted by Crippen LogP contribution is 2.22. The summed E-state index contributed by atoms with van der Waals surface area (Å²) in [4.78, 5) is 24.3. The molecule has 1 amide bonds. The number of hydrogen-bond acceptors (Lipinski definition) is 4. The highest BCUT2D eigenvalue weighted by molar-refractivity contribution is 7.77. The molecule has 5 heteroatoms. The summed E-state index contributed by atoms with van der Waals surface area (Å²) in [6.07, 6.45) is 1.66. The van der Waals surface area contributed by atoms with E-state index in [1.807, 2.05) is 20.8 Å². The van der Waals surface area contributed by atoms with Crippen LogP contribution in [0.4, 0.5) is 4.79 Å². The van der Waals surface area contributed by atoms with E-state index in [4.69, 9.17) is 4.74 Å². The highest BCUT2D eigenvalue weighted by Gasteiger charge is 2.31. The maximum atomic E-state index is 11.8. The lowest BCUT2D eigenvalue weighted by Gasteiger charge is -2.28. The highest BCUT2D eigenvalue weighted by atomic mass is 32.1. The van der Waals surface area contributed by atoms with Crippen LogP contribution in [-0.4, -0.2) is 34.3 Å². The van der Waals surface area contributed by atoms with E-state index in [-0.39, 0.29) is 23.7 Å². The number of carbonyl (C=O) groups is 2. The van der Waals surface area contributed by atoms with E-state index in [0.29, 0.717) is 6.54 Å². The number of likely N-dealkylation sites (tertiary alicyclic amines) is 1. The number of ether oxygens (including phenoxy) is 1. The molecule has 0 saturated carbocycles. The van der Waals surface area contributed by atoms with Crippen molar-refractivity contribution < 1.29 is 14.3 Å². The summed E-state index contributed by atoms with van der Waals surface area (Å²) < 4.78 is 5.28. The zero-order valence-electron chi connectivity index (χ0n) is 9.99. The molecule has 4 nitrogen and oxygen atoms in total. The Bertz CT molecular complexity index is 285. The monoisotopic (exact) mass is 244 g/mol. The van der Waals surface area contributed by atoms with Crippen molar-refractivity contribution in [2.45, 2.75) is 51.7 Å². The number of carbonyl (C=O) groups excluding carboxylic acids is 2. The average Bonchev–Trinajstić information content (AvgIpc) is 2.47. The molecule has 1 rings (SSSR count). The Hall–Kier alpha value is -0.840. The first-order chi connectivity index (χ1) is 7.29. The molecule has 0 aromatic carbocycles. The summed E-state index contributed by atoms with van der Waals surface area (Å²) in [6, 6.07) is -0.0696. The normalized spacial score (nSPS) is 20.9. The van der Waals surface area contributed by atoms with Crippen molar-refractivity contribution in [3.8, 4) is 0 Å². The van der Waals surface area contributed by atoms with Crippen molar-refractivity contribution in [2.75, 3.05) is 6.54 Å². The summed E-state index contributed by atoms with van der Waals surface area (Å²) in [5, 5.41) is -0.291. The zero-order chi connectivity index (χ0) is 12.3. The van der Waals surface area contributed by atoms with E-state index in [1.54, 1.807) is 4.90 Å². The van der Waals surface area contributed by atoms with Crippen LogP contribution >= 0.6 is 0 Å². The van der Waals surface area contributed by atoms with Gasteiger partial charge in [-0.1, -0.05) is 0 Å². The Morgan fingerprint density at radius 1 is 1.44 bits per heavy atom. The van der Waals surface area contributed by atoms with Gasteiger partial charge in [0.05, 0.1) is 0 Å². The molecule has 1 aliphatic heterocycles. The van der Waals surface area contributed by atoms with E-state index >= 15 is 0 Å². The van der Waals surface area contributed by atoms with Gasteiger partial charge in [0.1, 0.15) is 5.60 Å². The molecular formula is C11H18NO3S-. The Kier molecular flexibility index (Phi) is 4.13. The van der Waals surface area contributed by atoms with Gasteiger partial charge < -0.3 is 27.1 Å². The van der Waals surface area contributed by atoms with Gasteiger partial charge in [-0.25, -0.2) is 4.79 Å². The third-order valence-corrected chi connectivity index (χ3v) is 2.57. The first-order valence-electron chi connectivity index (χ1n) is 5.49. The molecule has 0 aromatic rings. The van der Waals surface area contributed by atoms with Crippen molar-refractivity contribution in [1.29, 1.82) is 0 Å². The molecule has 0 N–H and O–H groups in total. The van der Waals surface area contributed by atoms with Crippen LogP contribution in [0.25, 0.3) is 0 Å². The molecule has 0 aromatic heterocycles. The molecule has 0 spiro atoms. The predicted octanol–water partition coefficient (Wildman–Crippen LogP) is 1.85. The summed E-state index contributed by atoms with van der Waals surface area (Å²) in [5.74, 6) is 0. The van der Waals surface area contributed by atoms with Gasteiger partial charge in [0, 0.05) is 24.1 Å². The molecule has 0 aliphatic carbocycles. The van der Waals surface area contributed by atoms with Crippen molar-refractivity contribution >= 4 is 23.8 Å². The summed E-state index contributed by atoms with van der Waals surface area (Å²) in [7, 11) is 0. The molecule has 1 unspecified atom stereocenters. The second kappa shape index (κ2) is 4.99. The molecule has 1 aliphatic rings. The lowest BCUT2D eigenvalue weighted by molar-refractivity contribution is -0.111. The fraction of sp³-hybridized carbons (Fsp3) is 0.818. The van der Waals surface area contributed by atoms with Crippen molar-refractivity contribution in [2.24, 2.45) is 0 Å². The Labute approximate surface area is 102 Å². The molecule has 92 valence electrons. The molecule has 1 heterocycles. The van der Waals surface area contributed by atoms with Crippen molar-refractivity contribution in [3.05, 3.63) is 0 Å². The van der Waals surface area contributed by atoms with Crippen LogP contribution < -0.4 is 0 Å². The van der Waals surface area contributed by atoms with Gasteiger partial charge in [-0.15, -0.1) is 0 Å². The minimum Gasteiger partial charge on any atom is -0.742 e. The predicted molar refractivity (Wildman–Crippen MR) is 63.0 cm³/mol. The SMILES string of the molecule is CC(C)(C)OC(=O)N1CCCC1CC(=O)[S-]. The number of rotatable bonds is 2.